The van der Waals surface area contributed by atoms with E-state index in [-0.39, 0.29) is 5.91 Å². The van der Waals surface area contributed by atoms with Crippen LogP contribution in [0.3, 0.4) is 0 Å². The van der Waals surface area contributed by atoms with Crippen LogP contribution in [-0.2, 0) is 4.79 Å². The number of allylic oxidation sites excluding steroid dienone is 2. The van der Waals surface area contributed by atoms with Gasteiger partial charge in [-0.05, 0) is 27.7 Å². The number of aliphatic hydroxyl groups is 1. The van der Waals surface area contributed by atoms with E-state index in [0.29, 0.717) is 5.57 Å². The van der Waals surface area contributed by atoms with Gasteiger partial charge in [-0.1, -0.05) is 11.1 Å². The Morgan fingerprint density at radius 2 is 1.77 bits per heavy atom. The van der Waals surface area contributed by atoms with Crippen molar-refractivity contribution in [1.82, 2.24) is 5.32 Å². The minimum Gasteiger partial charge on any atom is -0.369 e. The van der Waals surface area contributed by atoms with Crippen molar-refractivity contribution in [2.75, 3.05) is 0 Å². The third-order valence-corrected chi connectivity index (χ3v) is 2.08. The third-order valence-electron chi connectivity index (χ3n) is 2.08. The van der Waals surface area contributed by atoms with Crippen LogP contribution in [0.25, 0.3) is 0 Å². The summed E-state index contributed by atoms with van der Waals surface area (Å²) >= 11 is 0. The first-order valence-electron chi connectivity index (χ1n) is 4.29. The highest BCUT2D eigenvalue weighted by atomic mass is 16.3. The van der Waals surface area contributed by atoms with Crippen LogP contribution >= 0.6 is 0 Å². The molecule has 2 N–H and O–H groups in total. The maximum Gasteiger partial charge on any atom is 0.253 e. The van der Waals surface area contributed by atoms with E-state index in [2.05, 4.69) is 5.32 Å². The lowest BCUT2D eigenvalue weighted by Crippen LogP contribution is -2.25. The average Bonchev–Trinajstić information content (AvgIpc) is 2.24. The molecule has 1 rings (SSSR count). The number of hydrogen-bond acceptors (Lipinski definition) is 2. The van der Waals surface area contributed by atoms with Gasteiger partial charge in [0.1, 0.15) is 0 Å². The van der Waals surface area contributed by atoms with Crippen LogP contribution in [0.2, 0.25) is 0 Å². The topological polar surface area (TPSA) is 49.3 Å². The zero-order valence-corrected chi connectivity index (χ0v) is 8.43. The highest BCUT2D eigenvalue weighted by molar-refractivity contribution is 6.02. The number of hydrogen-bond donors (Lipinski definition) is 2. The molecule has 13 heavy (non-hydrogen) atoms. The summed E-state index contributed by atoms with van der Waals surface area (Å²) in [7, 11) is 0. The number of amides is 1. The van der Waals surface area contributed by atoms with Crippen molar-refractivity contribution in [3.63, 3.8) is 0 Å². The first kappa shape index (κ1) is 9.99. The second-order valence-electron chi connectivity index (χ2n) is 3.66. The fourth-order valence-corrected chi connectivity index (χ4v) is 1.55. The first-order chi connectivity index (χ1) is 5.95. The van der Waals surface area contributed by atoms with Crippen molar-refractivity contribution in [3.05, 3.63) is 22.3 Å². The molecule has 72 valence electrons. The lowest BCUT2D eigenvalue weighted by Gasteiger charge is -2.06. The van der Waals surface area contributed by atoms with Gasteiger partial charge < -0.3 is 10.4 Å². The Kier molecular flexibility index (Phi) is 2.57. The molecule has 0 aliphatic carbocycles. The minimum atomic E-state index is -0.831. The van der Waals surface area contributed by atoms with Gasteiger partial charge in [-0.2, -0.15) is 0 Å². The van der Waals surface area contributed by atoms with E-state index in [9.17, 15) is 9.90 Å². The highest BCUT2D eigenvalue weighted by Gasteiger charge is 2.31. The smallest absolute Gasteiger partial charge is 0.253 e. The van der Waals surface area contributed by atoms with E-state index >= 15 is 0 Å². The van der Waals surface area contributed by atoms with Crippen molar-refractivity contribution in [3.8, 4) is 0 Å². The molecule has 0 bridgehead atoms. The molecule has 3 nitrogen and oxygen atoms in total. The molecule has 3 heteroatoms. The van der Waals surface area contributed by atoms with Gasteiger partial charge in [0, 0.05) is 11.1 Å². The Bertz CT molecular complexity index is 305. The van der Waals surface area contributed by atoms with Crippen LogP contribution < -0.4 is 5.32 Å². The molecule has 1 amide bonds. The Balaban J connectivity index is 3.30. The van der Waals surface area contributed by atoms with Crippen LogP contribution in [0.4, 0.5) is 0 Å². The normalized spacial score (nSPS) is 21.9. The second kappa shape index (κ2) is 3.34. The van der Waals surface area contributed by atoms with Crippen molar-refractivity contribution in [2.45, 2.75) is 33.9 Å². The van der Waals surface area contributed by atoms with Gasteiger partial charge >= 0.3 is 0 Å². The second-order valence-corrected chi connectivity index (χ2v) is 3.66. The van der Waals surface area contributed by atoms with Gasteiger partial charge in [0.2, 0.25) is 0 Å². The predicted molar refractivity (Wildman–Crippen MR) is 50.9 cm³/mol. The van der Waals surface area contributed by atoms with Crippen LogP contribution in [0, 0.1) is 0 Å². The summed E-state index contributed by atoms with van der Waals surface area (Å²) in [6, 6.07) is 0. The van der Waals surface area contributed by atoms with Gasteiger partial charge in [-0.25, -0.2) is 0 Å². The molecule has 1 atom stereocenters. The molecule has 0 saturated carbocycles. The lowest BCUT2D eigenvalue weighted by molar-refractivity contribution is -0.117. The maximum absolute atomic E-state index is 11.4. The zero-order chi connectivity index (χ0) is 10.2. The molecule has 0 radical (unpaired) electrons. The van der Waals surface area contributed by atoms with E-state index in [1.165, 1.54) is 0 Å². The zero-order valence-electron chi connectivity index (χ0n) is 8.43. The standard InChI is InChI=1S/C10H15NO2/c1-5(2)7-8(6(3)4)10(13)11-9(7)12/h9,12H,1-4H3,(H,11,13). The van der Waals surface area contributed by atoms with Crippen LogP contribution in [0.1, 0.15) is 27.7 Å². The highest BCUT2D eigenvalue weighted by Crippen LogP contribution is 2.26. The Morgan fingerprint density at radius 3 is 2.08 bits per heavy atom. The maximum atomic E-state index is 11.4. The lowest BCUT2D eigenvalue weighted by atomic mass is 10.00. The van der Waals surface area contributed by atoms with E-state index in [4.69, 9.17) is 0 Å². The molecular formula is C10H15NO2. The Morgan fingerprint density at radius 1 is 1.23 bits per heavy atom. The summed E-state index contributed by atoms with van der Waals surface area (Å²) in [5.41, 5.74) is 3.27. The van der Waals surface area contributed by atoms with E-state index in [1.807, 2.05) is 27.7 Å². The number of carbonyl (C=O) groups excluding carboxylic acids is 1. The number of aliphatic hydroxyl groups excluding tert-OH is 1. The molecule has 0 aromatic rings. The van der Waals surface area contributed by atoms with Gasteiger partial charge in [0.25, 0.3) is 5.91 Å². The third kappa shape index (κ3) is 1.65. The first-order valence-corrected chi connectivity index (χ1v) is 4.29. The van der Waals surface area contributed by atoms with E-state index in [0.717, 1.165) is 16.7 Å². The quantitative estimate of drug-likeness (QED) is 0.550. The molecule has 1 unspecified atom stereocenters. The van der Waals surface area contributed by atoms with Crippen LogP contribution in [0.15, 0.2) is 22.3 Å². The summed E-state index contributed by atoms with van der Waals surface area (Å²) in [6.07, 6.45) is -0.831. The van der Waals surface area contributed by atoms with Crippen molar-refractivity contribution < 1.29 is 9.90 Å². The fourth-order valence-electron chi connectivity index (χ4n) is 1.55. The number of rotatable bonds is 0. The molecule has 1 fully saturated rings. The molecule has 0 aromatic heterocycles. The fraction of sp³-hybridized carbons (Fsp3) is 0.500. The number of carbonyl (C=O) groups is 1. The molecule has 1 saturated heterocycles. The van der Waals surface area contributed by atoms with Gasteiger partial charge in [-0.15, -0.1) is 0 Å². The van der Waals surface area contributed by atoms with Gasteiger partial charge in [0.05, 0.1) is 0 Å². The molecular weight excluding hydrogens is 166 g/mol. The average molecular weight is 181 g/mol. The van der Waals surface area contributed by atoms with Crippen molar-refractivity contribution >= 4 is 5.91 Å². The molecule has 0 aromatic carbocycles. The molecule has 1 aliphatic heterocycles. The Hall–Kier alpha value is -1.09. The van der Waals surface area contributed by atoms with Gasteiger partial charge in [-0.3, -0.25) is 4.79 Å². The summed E-state index contributed by atoms with van der Waals surface area (Å²) in [6.45, 7) is 7.52. The summed E-state index contributed by atoms with van der Waals surface area (Å²) in [5.74, 6) is -0.177. The molecule has 1 aliphatic rings. The van der Waals surface area contributed by atoms with E-state index < -0.39 is 6.23 Å². The largest absolute Gasteiger partial charge is 0.369 e. The van der Waals surface area contributed by atoms with Crippen LogP contribution in [0.5, 0.6) is 0 Å². The molecule has 0 spiro atoms. The summed E-state index contributed by atoms with van der Waals surface area (Å²) in [4.78, 5) is 11.4. The summed E-state index contributed by atoms with van der Waals surface area (Å²) in [5, 5.41) is 12.0. The minimum absolute atomic E-state index is 0.177. The monoisotopic (exact) mass is 181 g/mol. The summed E-state index contributed by atoms with van der Waals surface area (Å²) < 4.78 is 0. The molecule has 1 heterocycles. The number of nitrogens with one attached hydrogen (secondary N) is 1. The SMILES string of the molecule is CC(C)=C1C(=O)NC(O)C1=C(C)C. The van der Waals surface area contributed by atoms with Gasteiger partial charge in [0.15, 0.2) is 6.23 Å². The van der Waals surface area contributed by atoms with Crippen molar-refractivity contribution in [2.24, 2.45) is 0 Å². The van der Waals surface area contributed by atoms with Crippen molar-refractivity contribution in [1.29, 1.82) is 0 Å². The predicted octanol–water partition coefficient (Wildman–Crippen LogP) is 1.11. The Labute approximate surface area is 78.1 Å². The van der Waals surface area contributed by atoms with E-state index in [1.54, 1.807) is 0 Å². The van der Waals surface area contributed by atoms with Crippen LogP contribution in [-0.4, -0.2) is 17.2 Å².